The molecule has 0 aliphatic heterocycles. The summed E-state index contributed by atoms with van der Waals surface area (Å²) < 4.78 is 4.82. The second-order valence-corrected chi connectivity index (χ2v) is 4.43. The molecule has 86 valence electrons. The van der Waals surface area contributed by atoms with Gasteiger partial charge in [-0.1, -0.05) is 18.2 Å². The quantitative estimate of drug-likeness (QED) is 0.757. The molecule has 1 heterocycles. The first-order valence-electron chi connectivity index (χ1n) is 5.85. The van der Waals surface area contributed by atoms with Crippen LogP contribution in [-0.4, -0.2) is 10.8 Å². The van der Waals surface area contributed by atoms with E-state index in [9.17, 15) is 4.79 Å². The van der Waals surface area contributed by atoms with Crippen LogP contribution in [0.25, 0.3) is 0 Å². The summed E-state index contributed by atoms with van der Waals surface area (Å²) >= 11 is 0. The number of ketones is 1. The summed E-state index contributed by atoms with van der Waals surface area (Å²) in [7, 11) is 0. The molecule has 1 aliphatic carbocycles. The fraction of sp³-hybridized carbons (Fsp3) is 0.286. The fourth-order valence-corrected chi connectivity index (χ4v) is 2.36. The molecule has 1 aromatic heterocycles. The van der Waals surface area contributed by atoms with Crippen molar-refractivity contribution in [2.75, 3.05) is 0 Å². The summed E-state index contributed by atoms with van der Waals surface area (Å²) in [5.74, 6) is 0.0108. The first-order chi connectivity index (χ1) is 8.33. The highest BCUT2D eigenvalue weighted by Gasteiger charge is 2.14. The van der Waals surface area contributed by atoms with Gasteiger partial charge in [0.1, 0.15) is 12.0 Å². The molecule has 3 rings (SSSR count). The third-order valence-corrected chi connectivity index (χ3v) is 3.25. The van der Waals surface area contributed by atoms with Crippen LogP contribution in [-0.2, 0) is 19.3 Å². The van der Waals surface area contributed by atoms with Gasteiger partial charge in [-0.25, -0.2) is 4.98 Å². The lowest BCUT2D eigenvalue weighted by atomic mass is 10.0. The average molecular weight is 227 g/mol. The Hall–Kier alpha value is -1.90. The lowest BCUT2D eigenvalue weighted by molar-refractivity contribution is 0.0988. The molecule has 3 heteroatoms. The largest absolute Gasteiger partial charge is 0.451 e. The number of carbonyl (C=O) groups is 1. The Balaban J connectivity index is 1.80. The number of benzene rings is 1. The minimum Gasteiger partial charge on any atom is -0.451 e. The SMILES string of the molecule is O=C(Cc1ccc2c(c1)CCC2)c1cocn1. The van der Waals surface area contributed by atoms with Gasteiger partial charge in [-0.3, -0.25) is 4.79 Å². The van der Waals surface area contributed by atoms with Crippen molar-refractivity contribution >= 4 is 5.78 Å². The number of Topliss-reactive ketones (excluding diaryl/α,β-unsaturated/α-hetero) is 1. The average Bonchev–Trinajstić information content (AvgIpc) is 2.99. The smallest absolute Gasteiger partial charge is 0.188 e. The molecule has 0 radical (unpaired) electrons. The van der Waals surface area contributed by atoms with E-state index in [4.69, 9.17) is 4.42 Å². The molecule has 1 aromatic carbocycles. The molecule has 2 aromatic rings. The lowest BCUT2D eigenvalue weighted by Crippen LogP contribution is -2.04. The zero-order valence-electron chi connectivity index (χ0n) is 9.48. The maximum Gasteiger partial charge on any atom is 0.188 e. The van der Waals surface area contributed by atoms with Crippen LogP contribution < -0.4 is 0 Å². The van der Waals surface area contributed by atoms with Crippen molar-refractivity contribution in [1.29, 1.82) is 0 Å². The maximum atomic E-state index is 11.9. The van der Waals surface area contributed by atoms with E-state index in [2.05, 4.69) is 17.1 Å². The molecule has 17 heavy (non-hydrogen) atoms. The number of aromatic nitrogens is 1. The van der Waals surface area contributed by atoms with Gasteiger partial charge in [0, 0.05) is 6.42 Å². The molecule has 0 atom stereocenters. The van der Waals surface area contributed by atoms with Crippen LogP contribution in [0.3, 0.4) is 0 Å². The topological polar surface area (TPSA) is 43.1 Å². The third kappa shape index (κ3) is 2.00. The second-order valence-electron chi connectivity index (χ2n) is 4.43. The molecule has 0 bridgehead atoms. The highest BCUT2D eigenvalue weighted by Crippen LogP contribution is 2.23. The van der Waals surface area contributed by atoms with Gasteiger partial charge >= 0.3 is 0 Å². The zero-order chi connectivity index (χ0) is 11.7. The maximum absolute atomic E-state index is 11.9. The van der Waals surface area contributed by atoms with Crippen molar-refractivity contribution in [1.82, 2.24) is 4.98 Å². The van der Waals surface area contributed by atoms with Crippen LogP contribution in [0.1, 0.15) is 33.6 Å². The first-order valence-corrected chi connectivity index (χ1v) is 5.85. The summed E-state index contributed by atoms with van der Waals surface area (Å²) in [6, 6.07) is 6.34. The van der Waals surface area contributed by atoms with E-state index in [0.717, 1.165) is 12.0 Å². The van der Waals surface area contributed by atoms with Crippen molar-refractivity contribution in [2.45, 2.75) is 25.7 Å². The number of rotatable bonds is 3. The van der Waals surface area contributed by atoms with Crippen LogP contribution in [0, 0.1) is 0 Å². The van der Waals surface area contributed by atoms with Crippen molar-refractivity contribution in [2.24, 2.45) is 0 Å². The van der Waals surface area contributed by atoms with Crippen molar-refractivity contribution in [3.63, 3.8) is 0 Å². The van der Waals surface area contributed by atoms with Gasteiger partial charge in [0.05, 0.1) is 0 Å². The van der Waals surface area contributed by atoms with E-state index < -0.39 is 0 Å². The van der Waals surface area contributed by atoms with E-state index in [1.54, 1.807) is 0 Å². The standard InChI is InChI=1S/C14H13NO2/c16-14(13-8-17-9-15-13)7-10-4-5-11-2-1-3-12(11)6-10/h4-6,8-9H,1-3,7H2. The lowest BCUT2D eigenvalue weighted by Gasteiger charge is -2.03. The van der Waals surface area contributed by atoms with E-state index in [0.29, 0.717) is 12.1 Å². The Labute approximate surface area is 99.5 Å². The molecule has 1 aliphatic rings. The van der Waals surface area contributed by atoms with E-state index in [1.807, 2.05) is 6.07 Å². The Morgan fingerprint density at radius 2 is 2.18 bits per heavy atom. The van der Waals surface area contributed by atoms with Crippen LogP contribution in [0.15, 0.2) is 35.3 Å². The number of hydrogen-bond acceptors (Lipinski definition) is 3. The van der Waals surface area contributed by atoms with Crippen LogP contribution in [0.4, 0.5) is 0 Å². The molecule has 0 saturated heterocycles. The molecule has 0 amide bonds. The number of carbonyl (C=O) groups excluding carboxylic acids is 1. The summed E-state index contributed by atoms with van der Waals surface area (Å²) in [6.45, 7) is 0. The Bertz CT molecular complexity index is 543. The van der Waals surface area contributed by atoms with E-state index in [1.165, 1.54) is 36.6 Å². The number of aryl methyl sites for hydroxylation is 2. The Kier molecular flexibility index (Phi) is 2.52. The van der Waals surface area contributed by atoms with Gasteiger partial charge in [0.25, 0.3) is 0 Å². The minimum atomic E-state index is 0.0108. The van der Waals surface area contributed by atoms with Crippen molar-refractivity contribution < 1.29 is 9.21 Å². The highest BCUT2D eigenvalue weighted by molar-refractivity contribution is 5.95. The number of hydrogen-bond donors (Lipinski definition) is 0. The second kappa shape index (κ2) is 4.17. The molecular weight excluding hydrogens is 214 g/mol. The molecule has 0 saturated carbocycles. The summed E-state index contributed by atoms with van der Waals surface area (Å²) in [4.78, 5) is 15.7. The van der Waals surface area contributed by atoms with Gasteiger partial charge in [-0.15, -0.1) is 0 Å². The van der Waals surface area contributed by atoms with Crippen molar-refractivity contribution in [3.05, 3.63) is 53.2 Å². The first kappa shape index (κ1) is 10.3. The summed E-state index contributed by atoms with van der Waals surface area (Å²) in [5.41, 5.74) is 4.31. The predicted octanol–water partition coefficient (Wildman–Crippen LogP) is 2.59. The van der Waals surface area contributed by atoms with Crippen molar-refractivity contribution in [3.8, 4) is 0 Å². The predicted molar refractivity (Wildman–Crippen MR) is 63.0 cm³/mol. The Morgan fingerprint density at radius 3 is 3.00 bits per heavy atom. The van der Waals surface area contributed by atoms with Gasteiger partial charge in [-0.05, 0) is 36.0 Å². The summed E-state index contributed by atoms with van der Waals surface area (Å²) in [6.07, 6.45) is 6.63. The van der Waals surface area contributed by atoms with Gasteiger partial charge < -0.3 is 4.42 Å². The highest BCUT2D eigenvalue weighted by atomic mass is 16.3. The monoisotopic (exact) mass is 227 g/mol. The molecular formula is C14H13NO2. The fourth-order valence-electron chi connectivity index (χ4n) is 2.36. The third-order valence-electron chi connectivity index (χ3n) is 3.25. The van der Waals surface area contributed by atoms with E-state index in [-0.39, 0.29) is 5.78 Å². The zero-order valence-corrected chi connectivity index (χ0v) is 9.48. The minimum absolute atomic E-state index is 0.0108. The molecule has 0 unspecified atom stereocenters. The van der Waals surface area contributed by atoms with E-state index >= 15 is 0 Å². The number of nitrogens with zero attached hydrogens (tertiary/aromatic N) is 1. The molecule has 0 fully saturated rings. The van der Waals surface area contributed by atoms with Gasteiger partial charge in [-0.2, -0.15) is 0 Å². The van der Waals surface area contributed by atoms with Gasteiger partial charge in [0.2, 0.25) is 0 Å². The molecule has 3 nitrogen and oxygen atoms in total. The van der Waals surface area contributed by atoms with Gasteiger partial charge in [0.15, 0.2) is 12.2 Å². The van der Waals surface area contributed by atoms with Crippen LogP contribution in [0.5, 0.6) is 0 Å². The normalized spacial score (nSPS) is 13.6. The summed E-state index contributed by atoms with van der Waals surface area (Å²) in [5, 5.41) is 0. The van der Waals surface area contributed by atoms with Crippen LogP contribution >= 0.6 is 0 Å². The Morgan fingerprint density at radius 1 is 1.29 bits per heavy atom. The van der Waals surface area contributed by atoms with Crippen LogP contribution in [0.2, 0.25) is 0 Å². The molecule has 0 N–H and O–H groups in total. The number of fused-ring (bicyclic) bond motifs is 1. The number of oxazole rings is 1. The molecule has 0 spiro atoms.